The Morgan fingerprint density at radius 2 is 2.03 bits per heavy atom. The highest BCUT2D eigenvalue weighted by molar-refractivity contribution is 5.78. The van der Waals surface area contributed by atoms with Crippen LogP contribution in [0.1, 0.15) is 50.5 Å². The number of hydrogen-bond donors (Lipinski definition) is 1. The number of aryl methyl sites for hydroxylation is 1. The van der Waals surface area contributed by atoms with E-state index in [0.717, 1.165) is 55.2 Å². The van der Waals surface area contributed by atoms with Crippen LogP contribution in [0.4, 0.5) is 0 Å². The van der Waals surface area contributed by atoms with E-state index in [2.05, 4.69) is 33.6 Å². The number of piperidine rings is 1. The Balaban J connectivity index is 1.36. The molecule has 4 rings (SSSR count). The first-order valence-electron chi connectivity index (χ1n) is 11.9. The maximum Gasteiger partial charge on any atom is 0.234 e. The van der Waals surface area contributed by atoms with Crippen molar-refractivity contribution in [1.29, 1.82) is 0 Å². The van der Waals surface area contributed by atoms with Gasteiger partial charge >= 0.3 is 0 Å². The zero-order valence-electron chi connectivity index (χ0n) is 19.5. The van der Waals surface area contributed by atoms with E-state index in [1.165, 1.54) is 6.42 Å². The molecule has 2 atom stereocenters. The molecule has 0 unspecified atom stereocenters. The molecule has 0 spiro atoms. The van der Waals surface area contributed by atoms with E-state index in [-0.39, 0.29) is 17.9 Å². The number of hydrogen-bond acceptors (Lipinski definition) is 5. The van der Waals surface area contributed by atoms with Crippen LogP contribution >= 0.6 is 0 Å². The maximum atomic E-state index is 13.0. The smallest absolute Gasteiger partial charge is 0.234 e. The van der Waals surface area contributed by atoms with Gasteiger partial charge in [0.1, 0.15) is 5.82 Å². The molecule has 2 aliphatic heterocycles. The largest absolute Gasteiger partial charge is 0.490 e. The normalized spacial score (nSPS) is 20.1. The van der Waals surface area contributed by atoms with Crippen LogP contribution in [0.3, 0.4) is 0 Å². The number of carbonyl (C=O) groups excluding carboxylic acids is 1. The minimum atomic E-state index is -0.0622. The second-order valence-electron chi connectivity index (χ2n) is 9.45. The second-order valence-corrected chi connectivity index (χ2v) is 9.45. The van der Waals surface area contributed by atoms with Gasteiger partial charge < -0.3 is 19.4 Å². The number of aromatic nitrogens is 2. The summed E-state index contributed by atoms with van der Waals surface area (Å²) in [5.74, 6) is 3.56. The fourth-order valence-electron chi connectivity index (χ4n) is 4.74. The number of imidazole rings is 1. The molecule has 0 aliphatic carbocycles. The van der Waals surface area contributed by atoms with Crippen LogP contribution in [-0.2, 0) is 18.3 Å². The highest BCUT2D eigenvalue weighted by Crippen LogP contribution is 2.34. The van der Waals surface area contributed by atoms with Gasteiger partial charge in [0.25, 0.3) is 0 Å². The van der Waals surface area contributed by atoms with Crippen LogP contribution < -0.4 is 14.8 Å². The third-order valence-corrected chi connectivity index (χ3v) is 6.48. The van der Waals surface area contributed by atoms with Gasteiger partial charge in [-0.05, 0) is 48.9 Å². The lowest BCUT2D eigenvalue weighted by atomic mass is 9.94. The molecular weight excluding hydrogens is 404 g/mol. The molecule has 2 aliphatic rings. The van der Waals surface area contributed by atoms with Gasteiger partial charge in [0.15, 0.2) is 11.5 Å². The summed E-state index contributed by atoms with van der Waals surface area (Å²) < 4.78 is 13.7. The molecule has 1 aromatic carbocycles. The topological polar surface area (TPSA) is 68.6 Å². The number of rotatable bonds is 7. The van der Waals surface area contributed by atoms with Crippen LogP contribution in [0.15, 0.2) is 30.6 Å². The van der Waals surface area contributed by atoms with Crippen molar-refractivity contribution in [3.8, 4) is 11.5 Å². The summed E-state index contributed by atoms with van der Waals surface area (Å²) in [7, 11) is 2.04. The van der Waals surface area contributed by atoms with Crippen molar-refractivity contribution in [2.75, 3.05) is 32.8 Å². The molecule has 0 bridgehead atoms. The van der Waals surface area contributed by atoms with Crippen molar-refractivity contribution in [3.05, 3.63) is 42.0 Å². The summed E-state index contributed by atoms with van der Waals surface area (Å²) in [6, 6.07) is 5.97. The number of likely N-dealkylation sites (tertiary alicyclic amines) is 1. The molecule has 1 amide bonds. The Morgan fingerprint density at radius 3 is 2.78 bits per heavy atom. The van der Waals surface area contributed by atoms with Crippen molar-refractivity contribution in [2.24, 2.45) is 18.9 Å². The molecule has 1 N–H and O–H groups in total. The minimum Gasteiger partial charge on any atom is -0.490 e. The van der Waals surface area contributed by atoms with Gasteiger partial charge in [-0.15, -0.1) is 0 Å². The van der Waals surface area contributed by atoms with Gasteiger partial charge in [-0.3, -0.25) is 9.69 Å². The lowest BCUT2D eigenvalue weighted by Crippen LogP contribution is -2.44. The number of fused-ring (bicyclic) bond motifs is 1. The number of nitrogens with zero attached hydrogens (tertiary/aromatic N) is 3. The van der Waals surface area contributed by atoms with Crippen molar-refractivity contribution in [1.82, 2.24) is 19.8 Å². The van der Waals surface area contributed by atoms with E-state index < -0.39 is 0 Å². The van der Waals surface area contributed by atoms with Crippen molar-refractivity contribution in [3.63, 3.8) is 0 Å². The van der Waals surface area contributed by atoms with Gasteiger partial charge in [0, 0.05) is 38.8 Å². The van der Waals surface area contributed by atoms with Gasteiger partial charge in [-0.25, -0.2) is 4.98 Å². The summed E-state index contributed by atoms with van der Waals surface area (Å²) in [5.41, 5.74) is 1.06. The third kappa shape index (κ3) is 5.63. The predicted molar refractivity (Wildman–Crippen MR) is 124 cm³/mol. The van der Waals surface area contributed by atoms with Crippen LogP contribution in [0.5, 0.6) is 11.5 Å². The number of ether oxygens (including phenoxy) is 2. The van der Waals surface area contributed by atoms with E-state index in [1.807, 2.05) is 37.6 Å². The van der Waals surface area contributed by atoms with Gasteiger partial charge in [-0.2, -0.15) is 0 Å². The zero-order valence-corrected chi connectivity index (χ0v) is 19.5. The van der Waals surface area contributed by atoms with Gasteiger partial charge in [0.2, 0.25) is 5.91 Å². The molecule has 3 heterocycles. The summed E-state index contributed by atoms with van der Waals surface area (Å²) in [6.07, 6.45) is 8.01. The monoisotopic (exact) mass is 440 g/mol. The lowest BCUT2D eigenvalue weighted by molar-refractivity contribution is -0.123. The third-order valence-electron chi connectivity index (χ3n) is 6.48. The van der Waals surface area contributed by atoms with Crippen molar-refractivity contribution in [2.45, 2.75) is 45.6 Å². The Bertz CT molecular complexity index is 910. The lowest BCUT2D eigenvalue weighted by Gasteiger charge is -2.33. The summed E-state index contributed by atoms with van der Waals surface area (Å²) in [5, 5.41) is 3.28. The van der Waals surface area contributed by atoms with Crippen molar-refractivity contribution >= 4 is 5.91 Å². The number of amides is 1. The second kappa shape index (κ2) is 10.4. The number of carbonyl (C=O) groups is 1. The first kappa shape index (κ1) is 22.6. The Kier molecular flexibility index (Phi) is 7.35. The molecule has 1 fully saturated rings. The van der Waals surface area contributed by atoms with Crippen LogP contribution in [0.25, 0.3) is 0 Å². The molecule has 174 valence electrons. The van der Waals surface area contributed by atoms with E-state index in [9.17, 15) is 4.79 Å². The van der Waals surface area contributed by atoms with E-state index in [4.69, 9.17) is 9.47 Å². The van der Waals surface area contributed by atoms with Gasteiger partial charge in [0.05, 0.1) is 25.8 Å². The SMILES string of the molecule is CC(C)[C@H](NC(=O)CN1CCC[C@@H](Cc2nccn2C)C1)c1ccc2c(c1)OCCCO2. The van der Waals surface area contributed by atoms with E-state index in [0.29, 0.717) is 25.7 Å². The highest BCUT2D eigenvalue weighted by atomic mass is 16.5. The summed E-state index contributed by atoms with van der Waals surface area (Å²) in [4.78, 5) is 19.8. The molecule has 1 saturated heterocycles. The van der Waals surface area contributed by atoms with Crippen LogP contribution in [0.2, 0.25) is 0 Å². The fourth-order valence-corrected chi connectivity index (χ4v) is 4.74. The molecule has 32 heavy (non-hydrogen) atoms. The molecule has 0 saturated carbocycles. The van der Waals surface area contributed by atoms with E-state index >= 15 is 0 Å². The first-order valence-corrected chi connectivity index (χ1v) is 11.9. The number of benzene rings is 1. The molecule has 7 nitrogen and oxygen atoms in total. The summed E-state index contributed by atoms with van der Waals surface area (Å²) >= 11 is 0. The Hall–Kier alpha value is -2.54. The van der Waals surface area contributed by atoms with Crippen molar-refractivity contribution < 1.29 is 14.3 Å². The Morgan fingerprint density at radius 1 is 1.22 bits per heavy atom. The van der Waals surface area contributed by atoms with E-state index in [1.54, 1.807) is 0 Å². The average molecular weight is 441 g/mol. The molecule has 1 aromatic heterocycles. The highest BCUT2D eigenvalue weighted by Gasteiger charge is 2.25. The standard InChI is InChI=1S/C25H36N4O3/c1-18(2)25(20-7-8-21-22(15-20)32-13-5-12-31-21)27-24(30)17-29-10-4-6-19(16-29)14-23-26-9-11-28(23)3/h7-9,11,15,18-19,25H,4-6,10,12-14,16-17H2,1-3H3,(H,27,30)/t19-,25-/m0/s1. The predicted octanol–water partition coefficient (Wildman–Crippen LogP) is 3.35. The van der Waals surface area contributed by atoms with Crippen LogP contribution in [-0.4, -0.2) is 53.2 Å². The molecular formula is C25H36N4O3. The molecule has 2 aromatic rings. The molecule has 0 radical (unpaired) electrons. The maximum absolute atomic E-state index is 13.0. The average Bonchev–Trinajstić information content (AvgIpc) is 3.02. The molecule has 7 heteroatoms. The summed E-state index contributed by atoms with van der Waals surface area (Å²) in [6.45, 7) is 7.95. The zero-order chi connectivity index (χ0) is 22.5. The fraction of sp³-hybridized carbons (Fsp3) is 0.600. The first-order chi connectivity index (χ1) is 15.5. The minimum absolute atomic E-state index is 0.0622. The number of nitrogens with one attached hydrogen (secondary N) is 1. The van der Waals surface area contributed by atoms with Crippen LogP contribution in [0, 0.1) is 11.8 Å². The Labute approximate surface area is 191 Å². The van der Waals surface area contributed by atoms with Gasteiger partial charge in [-0.1, -0.05) is 19.9 Å². The quantitative estimate of drug-likeness (QED) is 0.715.